The smallest absolute Gasteiger partial charge is 0.241 e. The van der Waals surface area contributed by atoms with Crippen molar-refractivity contribution in [3.05, 3.63) is 40.6 Å². The highest BCUT2D eigenvalue weighted by atomic mass is 16.3. The first-order valence-electron chi connectivity index (χ1n) is 7.25. The van der Waals surface area contributed by atoms with Crippen LogP contribution in [0.5, 0.6) is 0 Å². The average Bonchev–Trinajstić information content (AvgIpc) is 2.94. The Kier molecular flexibility index (Phi) is 4.80. The highest BCUT2D eigenvalue weighted by molar-refractivity contribution is 5.96. The number of hydrogen-bond acceptors (Lipinski definition) is 4. The van der Waals surface area contributed by atoms with E-state index in [0.29, 0.717) is 24.2 Å². The molecule has 118 valence electrons. The Morgan fingerprint density at radius 1 is 1.27 bits per heavy atom. The van der Waals surface area contributed by atoms with Gasteiger partial charge in [0, 0.05) is 18.7 Å². The van der Waals surface area contributed by atoms with Gasteiger partial charge in [0.15, 0.2) is 5.78 Å². The van der Waals surface area contributed by atoms with Gasteiger partial charge in [0.05, 0.1) is 11.3 Å². The van der Waals surface area contributed by atoms with E-state index in [1.54, 1.807) is 18.5 Å². The fraction of sp³-hybridized carbons (Fsp3) is 0.438. The molecule has 2 aromatic heterocycles. The minimum atomic E-state index is -0.135. The number of carbonyl (C=O) groups is 2. The van der Waals surface area contributed by atoms with Crippen molar-refractivity contribution < 1.29 is 14.0 Å². The standard InChI is InChI=1S/C16H21N3O3/c1-10-5-6-14(22-10)7-8-17-15(21)9-19-12(3)16(13(4)20)11(2)18-19/h5-6H,7-9H2,1-4H3,(H,17,21). The Labute approximate surface area is 129 Å². The van der Waals surface area contributed by atoms with Crippen molar-refractivity contribution in [3.63, 3.8) is 0 Å². The van der Waals surface area contributed by atoms with Crippen LogP contribution >= 0.6 is 0 Å². The molecule has 6 nitrogen and oxygen atoms in total. The molecule has 0 atom stereocenters. The molecule has 6 heteroatoms. The van der Waals surface area contributed by atoms with Crippen LogP contribution in [0.4, 0.5) is 0 Å². The number of furan rings is 1. The predicted octanol–water partition coefficient (Wildman–Crippen LogP) is 1.96. The van der Waals surface area contributed by atoms with Gasteiger partial charge in [0.2, 0.25) is 5.91 Å². The Balaban J connectivity index is 1.89. The first-order chi connectivity index (χ1) is 10.4. The number of aromatic nitrogens is 2. The second-order valence-electron chi connectivity index (χ2n) is 5.37. The summed E-state index contributed by atoms with van der Waals surface area (Å²) >= 11 is 0. The molecule has 1 N–H and O–H groups in total. The summed E-state index contributed by atoms with van der Waals surface area (Å²) in [5.41, 5.74) is 1.98. The normalized spacial score (nSPS) is 10.7. The summed E-state index contributed by atoms with van der Waals surface area (Å²) in [5, 5.41) is 7.09. The van der Waals surface area contributed by atoms with Crippen LogP contribution in [0.3, 0.4) is 0 Å². The third kappa shape index (κ3) is 3.63. The largest absolute Gasteiger partial charge is 0.466 e. The number of nitrogens with zero attached hydrogens (tertiary/aromatic N) is 2. The lowest BCUT2D eigenvalue weighted by atomic mass is 10.1. The lowest BCUT2D eigenvalue weighted by Crippen LogP contribution is -2.30. The van der Waals surface area contributed by atoms with Crippen molar-refractivity contribution in [3.8, 4) is 0 Å². The number of ketones is 1. The lowest BCUT2D eigenvalue weighted by molar-refractivity contribution is -0.121. The van der Waals surface area contributed by atoms with Crippen LogP contribution < -0.4 is 5.32 Å². The minimum absolute atomic E-state index is 0.0325. The maximum absolute atomic E-state index is 12.0. The third-order valence-corrected chi connectivity index (χ3v) is 3.52. The zero-order valence-electron chi connectivity index (χ0n) is 13.4. The van der Waals surface area contributed by atoms with Gasteiger partial charge < -0.3 is 9.73 Å². The van der Waals surface area contributed by atoms with Crippen LogP contribution in [0, 0.1) is 20.8 Å². The molecule has 0 bridgehead atoms. The van der Waals surface area contributed by atoms with Crippen molar-refractivity contribution >= 4 is 11.7 Å². The molecule has 0 aromatic carbocycles. The predicted molar refractivity (Wildman–Crippen MR) is 81.9 cm³/mol. The molecular formula is C16H21N3O3. The summed E-state index contributed by atoms with van der Waals surface area (Å²) in [7, 11) is 0. The fourth-order valence-electron chi connectivity index (χ4n) is 2.50. The quantitative estimate of drug-likeness (QED) is 0.828. The molecule has 0 unspecified atom stereocenters. The zero-order chi connectivity index (χ0) is 16.3. The van der Waals surface area contributed by atoms with E-state index in [0.717, 1.165) is 17.2 Å². The van der Waals surface area contributed by atoms with E-state index in [-0.39, 0.29) is 18.2 Å². The Hall–Kier alpha value is -2.37. The van der Waals surface area contributed by atoms with Gasteiger partial charge >= 0.3 is 0 Å². The van der Waals surface area contributed by atoms with Gasteiger partial charge in [-0.3, -0.25) is 14.3 Å². The number of aryl methyl sites for hydroxylation is 2. The molecular weight excluding hydrogens is 282 g/mol. The van der Waals surface area contributed by atoms with E-state index in [2.05, 4.69) is 10.4 Å². The van der Waals surface area contributed by atoms with Crippen molar-refractivity contribution in [2.45, 2.75) is 40.7 Å². The summed E-state index contributed by atoms with van der Waals surface area (Å²) < 4.78 is 7.01. The minimum Gasteiger partial charge on any atom is -0.466 e. The number of nitrogens with one attached hydrogen (secondary N) is 1. The maximum Gasteiger partial charge on any atom is 0.241 e. The molecule has 0 saturated carbocycles. The molecule has 0 fully saturated rings. The highest BCUT2D eigenvalue weighted by Gasteiger charge is 2.16. The number of carbonyl (C=O) groups excluding carboxylic acids is 2. The van der Waals surface area contributed by atoms with Crippen molar-refractivity contribution in [2.24, 2.45) is 0 Å². The van der Waals surface area contributed by atoms with Gasteiger partial charge in [-0.2, -0.15) is 5.10 Å². The van der Waals surface area contributed by atoms with Gasteiger partial charge in [-0.05, 0) is 39.8 Å². The zero-order valence-corrected chi connectivity index (χ0v) is 13.4. The van der Waals surface area contributed by atoms with E-state index in [1.165, 1.54) is 6.92 Å². The van der Waals surface area contributed by atoms with Crippen molar-refractivity contribution in [1.29, 1.82) is 0 Å². The molecule has 2 heterocycles. The molecule has 1 amide bonds. The number of rotatable bonds is 6. The highest BCUT2D eigenvalue weighted by Crippen LogP contribution is 2.13. The van der Waals surface area contributed by atoms with Gasteiger partial charge in [0.1, 0.15) is 18.1 Å². The van der Waals surface area contributed by atoms with E-state index in [4.69, 9.17) is 4.42 Å². The maximum atomic E-state index is 12.0. The molecule has 0 saturated heterocycles. The monoisotopic (exact) mass is 303 g/mol. The van der Waals surface area contributed by atoms with Crippen molar-refractivity contribution in [1.82, 2.24) is 15.1 Å². The van der Waals surface area contributed by atoms with Gasteiger partial charge in [-0.25, -0.2) is 0 Å². The Morgan fingerprint density at radius 2 is 2.00 bits per heavy atom. The van der Waals surface area contributed by atoms with Crippen molar-refractivity contribution in [2.75, 3.05) is 6.54 Å². The van der Waals surface area contributed by atoms with Crippen LogP contribution in [0.2, 0.25) is 0 Å². The Bertz CT molecular complexity index is 698. The summed E-state index contributed by atoms with van der Waals surface area (Å²) in [5.74, 6) is 1.54. The van der Waals surface area contributed by atoms with Crippen LogP contribution in [0.1, 0.15) is 40.2 Å². The summed E-state index contributed by atoms with van der Waals surface area (Å²) in [6.45, 7) is 7.58. The fourth-order valence-corrected chi connectivity index (χ4v) is 2.50. The van der Waals surface area contributed by atoms with E-state index in [1.807, 2.05) is 19.1 Å². The summed E-state index contributed by atoms with van der Waals surface area (Å²) in [4.78, 5) is 23.5. The first kappa shape index (κ1) is 16.0. The molecule has 2 rings (SSSR count). The Morgan fingerprint density at radius 3 is 2.55 bits per heavy atom. The molecule has 0 spiro atoms. The number of Topliss-reactive ketones (excluding diaryl/α,β-unsaturated/α-hetero) is 1. The average molecular weight is 303 g/mol. The SMILES string of the molecule is CC(=O)c1c(C)nn(CC(=O)NCCc2ccc(C)o2)c1C. The molecule has 22 heavy (non-hydrogen) atoms. The molecule has 0 aliphatic carbocycles. The molecule has 0 aliphatic heterocycles. The molecule has 0 aliphatic rings. The second-order valence-corrected chi connectivity index (χ2v) is 5.37. The van der Waals surface area contributed by atoms with Crippen LogP contribution in [-0.2, 0) is 17.8 Å². The van der Waals surface area contributed by atoms with Gasteiger partial charge in [-0.15, -0.1) is 0 Å². The number of amides is 1. The van der Waals surface area contributed by atoms with Crippen LogP contribution in [0.15, 0.2) is 16.5 Å². The van der Waals surface area contributed by atoms with Gasteiger partial charge in [-0.1, -0.05) is 0 Å². The lowest BCUT2D eigenvalue weighted by Gasteiger charge is -2.06. The molecule has 0 radical (unpaired) electrons. The number of hydrogen-bond donors (Lipinski definition) is 1. The van der Waals surface area contributed by atoms with E-state index >= 15 is 0 Å². The van der Waals surface area contributed by atoms with Gasteiger partial charge in [0.25, 0.3) is 0 Å². The third-order valence-electron chi connectivity index (χ3n) is 3.52. The van der Waals surface area contributed by atoms with E-state index in [9.17, 15) is 9.59 Å². The topological polar surface area (TPSA) is 77.1 Å². The summed E-state index contributed by atoms with van der Waals surface area (Å²) in [6.07, 6.45) is 0.648. The second kappa shape index (κ2) is 6.60. The van der Waals surface area contributed by atoms with Crippen LogP contribution in [-0.4, -0.2) is 28.0 Å². The molecule has 2 aromatic rings. The van der Waals surface area contributed by atoms with E-state index < -0.39 is 0 Å². The first-order valence-corrected chi connectivity index (χ1v) is 7.25. The van der Waals surface area contributed by atoms with Crippen LogP contribution in [0.25, 0.3) is 0 Å². The summed E-state index contributed by atoms with van der Waals surface area (Å²) in [6, 6.07) is 3.80.